The number of carbonyl (C=O) groups is 1. The predicted molar refractivity (Wildman–Crippen MR) is 96.7 cm³/mol. The summed E-state index contributed by atoms with van der Waals surface area (Å²) >= 11 is 0. The molecule has 1 aromatic carbocycles. The van der Waals surface area contributed by atoms with Gasteiger partial charge in [0.15, 0.2) is 5.75 Å². The van der Waals surface area contributed by atoms with Crippen molar-refractivity contribution in [2.75, 3.05) is 24.7 Å². The van der Waals surface area contributed by atoms with Gasteiger partial charge in [0.25, 0.3) is 0 Å². The van der Waals surface area contributed by atoms with Crippen LogP contribution in [-0.2, 0) is 10.0 Å². The molecule has 0 radical (unpaired) electrons. The van der Waals surface area contributed by atoms with Gasteiger partial charge in [-0.05, 0) is 6.07 Å². The van der Waals surface area contributed by atoms with Crippen molar-refractivity contribution in [3.8, 4) is 11.8 Å². The van der Waals surface area contributed by atoms with Gasteiger partial charge in [0.1, 0.15) is 7.85 Å². The monoisotopic (exact) mass is 417 g/mol. The maximum atomic E-state index is 12.8. The van der Waals surface area contributed by atoms with E-state index in [1.54, 1.807) is 0 Å². The first kappa shape index (κ1) is 21.5. The molecule has 0 amide bonds. The summed E-state index contributed by atoms with van der Waals surface area (Å²) in [7, 11) is -0.746. The third-order valence-corrected chi connectivity index (χ3v) is 4.65. The van der Waals surface area contributed by atoms with Gasteiger partial charge >= 0.3 is 6.18 Å². The Morgan fingerprint density at radius 3 is 2.25 bits per heavy atom. The molecule has 0 unspecified atom stereocenters. The molecule has 150 valence electrons. The van der Waals surface area contributed by atoms with E-state index in [4.69, 9.17) is 9.47 Å². The highest BCUT2D eigenvalue weighted by atomic mass is 32.2. The standard InChI is InChI=1S/C15H15BF3N3O5S/c1-26-10-6-11(27-2)21-14(20-10)13(23)8-4-3-5-9(16)12(8)22-28(24,25)7-15(17,18)19/h3-6,22H,7,16H2,1-2H3. The molecule has 0 aliphatic carbocycles. The smallest absolute Gasteiger partial charge is 0.404 e. The van der Waals surface area contributed by atoms with E-state index in [9.17, 15) is 26.4 Å². The highest BCUT2D eigenvalue weighted by Crippen LogP contribution is 2.23. The fourth-order valence-corrected chi connectivity index (χ4v) is 3.32. The Morgan fingerprint density at radius 2 is 1.75 bits per heavy atom. The van der Waals surface area contributed by atoms with Crippen LogP contribution in [0, 0.1) is 0 Å². The van der Waals surface area contributed by atoms with Crippen LogP contribution in [0.15, 0.2) is 24.3 Å². The van der Waals surface area contributed by atoms with Crippen molar-refractivity contribution in [1.29, 1.82) is 0 Å². The molecule has 0 aliphatic heterocycles. The average Bonchev–Trinajstić information content (AvgIpc) is 2.60. The molecule has 1 heterocycles. The minimum atomic E-state index is -4.94. The van der Waals surface area contributed by atoms with E-state index in [0.717, 1.165) is 0 Å². The van der Waals surface area contributed by atoms with Crippen LogP contribution in [0.2, 0.25) is 0 Å². The van der Waals surface area contributed by atoms with Gasteiger partial charge in [-0.25, -0.2) is 8.42 Å². The minimum absolute atomic E-state index is 0.0158. The van der Waals surface area contributed by atoms with Crippen LogP contribution in [0.3, 0.4) is 0 Å². The maximum Gasteiger partial charge on any atom is 0.404 e. The molecule has 13 heteroatoms. The molecule has 0 bridgehead atoms. The summed E-state index contributed by atoms with van der Waals surface area (Å²) in [5.74, 6) is -3.27. The number of ketones is 1. The zero-order valence-electron chi connectivity index (χ0n) is 15.0. The van der Waals surface area contributed by atoms with Crippen LogP contribution in [0.4, 0.5) is 18.9 Å². The first-order valence-electron chi connectivity index (χ1n) is 7.64. The largest absolute Gasteiger partial charge is 0.481 e. The van der Waals surface area contributed by atoms with Crippen molar-refractivity contribution < 1.29 is 35.9 Å². The molecule has 2 rings (SSSR count). The van der Waals surface area contributed by atoms with Gasteiger partial charge in [0.05, 0.1) is 26.0 Å². The normalized spacial score (nSPS) is 11.8. The molecule has 8 nitrogen and oxygen atoms in total. The SMILES string of the molecule is Bc1cccc(C(=O)c2nc(OC)cc(OC)n2)c1NS(=O)(=O)CC(F)(F)F. The number of halogens is 3. The third kappa shape index (κ3) is 5.34. The Hall–Kier alpha value is -2.83. The Bertz CT molecular complexity index is 977. The number of carbonyl (C=O) groups excluding carboxylic acids is 1. The topological polar surface area (TPSA) is 107 Å². The number of methoxy groups -OCH3 is 2. The average molecular weight is 417 g/mol. The van der Waals surface area contributed by atoms with Crippen LogP contribution in [0.5, 0.6) is 11.8 Å². The van der Waals surface area contributed by atoms with Crippen LogP contribution >= 0.6 is 0 Å². The van der Waals surface area contributed by atoms with E-state index < -0.39 is 27.7 Å². The second-order valence-electron chi connectivity index (χ2n) is 5.58. The molecule has 0 spiro atoms. The number of ether oxygens (including phenoxy) is 2. The van der Waals surface area contributed by atoms with E-state index in [0.29, 0.717) is 0 Å². The number of hydrogen-bond acceptors (Lipinski definition) is 7. The lowest BCUT2D eigenvalue weighted by molar-refractivity contribution is -0.106. The quantitative estimate of drug-likeness (QED) is 0.510. The number of aromatic nitrogens is 2. The van der Waals surface area contributed by atoms with Crippen LogP contribution in [0.1, 0.15) is 16.2 Å². The summed E-state index contributed by atoms with van der Waals surface area (Å²) in [5, 5.41) is 0. The number of hydrogen-bond donors (Lipinski definition) is 1. The number of anilines is 1. The highest BCUT2D eigenvalue weighted by Gasteiger charge is 2.36. The van der Waals surface area contributed by atoms with Gasteiger partial charge in [-0.15, -0.1) is 0 Å². The fourth-order valence-electron chi connectivity index (χ4n) is 2.23. The number of rotatable bonds is 7. The Kier molecular flexibility index (Phi) is 6.17. The predicted octanol–water partition coefficient (Wildman–Crippen LogP) is 0.287. The molecule has 0 atom stereocenters. The van der Waals surface area contributed by atoms with E-state index in [1.165, 1.54) is 46.3 Å². The lowest BCUT2D eigenvalue weighted by Gasteiger charge is -2.15. The second-order valence-corrected chi connectivity index (χ2v) is 7.30. The number of nitrogens with zero attached hydrogens (tertiary/aromatic N) is 2. The number of alkyl halides is 3. The highest BCUT2D eigenvalue weighted by molar-refractivity contribution is 7.92. The van der Waals surface area contributed by atoms with E-state index in [-0.39, 0.29) is 34.3 Å². The summed E-state index contributed by atoms with van der Waals surface area (Å²) in [6.07, 6.45) is -4.94. The molecule has 28 heavy (non-hydrogen) atoms. The Morgan fingerprint density at radius 1 is 1.18 bits per heavy atom. The summed E-state index contributed by atoms with van der Waals surface area (Å²) in [5.41, 5.74) is -0.269. The number of nitrogens with one attached hydrogen (secondary N) is 1. The van der Waals surface area contributed by atoms with Crippen molar-refractivity contribution in [2.45, 2.75) is 6.18 Å². The van der Waals surface area contributed by atoms with Crippen LogP contribution in [-0.4, -0.2) is 58.2 Å². The molecule has 0 aliphatic rings. The summed E-state index contributed by atoms with van der Waals surface area (Å²) in [6, 6.07) is 5.45. The Balaban J connectivity index is 2.50. The molecule has 0 saturated heterocycles. The lowest BCUT2D eigenvalue weighted by atomic mass is 9.90. The van der Waals surface area contributed by atoms with Crippen LogP contribution in [0.25, 0.3) is 0 Å². The number of para-hydroxylation sites is 1. The summed E-state index contributed by atoms with van der Waals surface area (Å²) < 4.78 is 73.0. The van der Waals surface area contributed by atoms with Gasteiger partial charge < -0.3 is 9.47 Å². The number of benzene rings is 1. The van der Waals surface area contributed by atoms with E-state index in [2.05, 4.69) is 9.97 Å². The molecule has 2 aromatic rings. The fraction of sp³-hybridized carbons (Fsp3) is 0.267. The van der Waals surface area contributed by atoms with E-state index >= 15 is 0 Å². The van der Waals surface area contributed by atoms with Crippen molar-refractivity contribution in [1.82, 2.24) is 9.97 Å². The van der Waals surface area contributed by atoms with Gasteiger partial charge in [-0.1, -0.05) is 17.6 Å². The van der Waals surface area contributed by atoms with E-state index in [1.807, 2.05) is 4.72 Å². The van der Waals surface area contributed by atoms with Gasteiger partial charge in [-0.3, -0.25) is 9.52 Å². The van der Waals surface area contributed by atoms with Gasteiger partial charge in [0, 0.05) is 5.56 Å². The molecule has 0 fully saturated rings. The maximum absolute atomic E-state index is 12.8. The summed E-state index contributed by atoms with van der Waals surface area (Å²) in [4.78, 5) is 20.6. The zero-order chi connectivity index (χ0) is 21.1. The first-order valence-corrected chi connectivity index (χ1v) is 9.29. The van der Waals surface area contributed by atoms with Crippen molar-refractivity contribution in [3.05, 3.63) is 35.7 Å². The van der Waals surface area contributed by atoms with Crippen LogP contribution < -0.4 is 19.7 Å². The lowest BCUT2D eigenvalue weighted by Crippen LogP contribution is -2.31. The Labute approximate surface area is 159 Å². The van der Waals surface area contributed by atoms with Gasteiger partial charge in [-0.2, -0.15) is 23.1 Å². The zero-order valence-corrected chi connectivity index (χ0v) is 15.8. The van der Waals surface area contributed by atoms with Crippen molar-refractivity contribution >= 4 is 34.8 Å². The first-order chi connectivity index (χ1) is 13.0. The summed E-state index contributed by atoms with van der Waals surface area (Å²) in [6.45, 7) is 0. The third-order valence-electron chi connectivity index (χ3n) is 3.43. The van der Waals surface area contributed by atoms with Gasteiger partial charge in [0.2, 0.25) is 33.4 Å². The minimum Gasteiger partial charge on any atom is -0.481 e. The molecular weight excluding hydrogens is 402 g/mol. The molecular formula is C15H15BF3N3O5S. The second kappa shape index (κ2) is 8.04. The number of sulfonamides is 1. The molecule has 0 saturated carbocycles. The molecule has 1 aromatic heterocycles. The van der Waals surface area contributed by atoms with Crippen molar-refractivity contribution in [3.63, 3.8) is 0 Å². The van der Waals surface area contributed by atoms with Crippen molar-refractivity contribution in [2.24, 2.45) is 0 Å². The molecule has 1 N–H and O–H groups in total.